The molecule has 0 bridgehead atoms. The summed E-state index contributed by atoms with van der Waals surface area (Å²) in [6.07, 6.45) is 0. The second-order valence-corrected chi connectivity index (χ2v) is 4.11. The van der Waals surface area contributed by atoms with Crippen molar-refractivity contribution in [2.45, 2.75) is 26.8 Å². The lowest BCUT2D eigenvalue weighted by Gasteiger charge is -2.05. The van der Waals surface area contributed by atoms with Crippen LogP contribution in [0.2, 0.25) is 0 Å². The minimum absolute atomic E-state index is 0.0889. The Hall–Kier alpha value is -1.68. The van der Waals surface area contributed by atoms with Crippen LogP contribution in [0, 0.1) is 6.92 Å². The van der Waals surface area contributed by atoms with Gasteiger partial charge in [0.05, 0.1) is 6.04 Å². The van der Waals surface area contributed by atoms with Crippen molar-refractivity contribution in [2.75, 3.05) is 6.54 Å². The lowest BCUT2D eigenvalue weighted by molar-refractivity contribution is 0.342. The molecule has 4 heteroatoms. The Balaban J connectivity index is 2.23. The first kappa shape index (κ1) is 11.8. The van der Waals surface area contributed by atoms with Gasteiger partial charge in [0.1, 0.15) is 0 Å². The molecule has 0 fully saturated rings. The lowest BCUT2D eigenvalue weighted by Crippen LogP contribution is -2.17. The quantitative estimate of drug-likeness (QED) is 0.879. The number of aryl methyl sites for hydroxylation is 1. The number of nitrogens with one attached hydrogen (secondary N) is 1. The van der Waals surface area contributed by atoms with Crippen LogP contribution in [0.4, 0.5) is 0 Å². The molecule has 2 rings (SSSR count). The molecule has 4 nitrogen and oxygen atoms in total. The van der Waals surface area contributed by atoms with Crippen molar-refractivity contribution in [3.05, 3.63) is 35.7 Å². The fourth-order valence-corrected chi connectivity index (χ4v) is 1.71. The van der Waals surface area contributed by atoms with Crippen LogP contribution in [-0.2, 0) is 0 Å². The second kappa shape index (κ2) is 5.10. The largest absolute Gasteiger partial charge is 0.337 e. The average Bonchev–Trinajstić information content (AvgIpc) is 2.78. The number of nitrogens with zero attached hydrogens (tertiary/aromatic N) is 2. The van der Waals surface area contributed by atoms with Crippen LogP contribution in [0.15, 0.2) is 28.8 Å². The van der Waals surface area contributed by atoms with Gasteiger partial charge in [0.25, 0.3) is 0 Å². The summed E-state index contributed by atoms with van der Waals surface area (Å²) < 4.78 is 5.25. The first-order valence-electron chi connectivity index (χ1n) is 5.84. The number of hydrogen-bond acceptors (Lipinski definition) is 4. The molecular weight excluding hydrogens is 214 g/mol. The molecule has 0 aliphatic heterocycles. The molecule has 90 valence electrons. The normalized spacial score (nSPS) is 12.6. The van der Waals surface area contributed by atoms with Crippen molar-refractivity contribution in [3.8, 4) is 11.4 Å². The maximum absolute atomic E-state index is 5.25. The van der Waals surface area contributed by atoms with Gasteiger partial charge in [-0.05, 0) is 26.5 Å². The van der Waals surface area contributed by atoms with E-state index in [2.05, 4.69) is 15.5 Å². The monoisotopic (exact) mass is 231 g/mol. The Labute approximate surface area is 101 Å². The Morgan fingerprint density at radius 2 is 2.24 bits per heavy atom. The third-order valence-corrected chi connectivity index (χ3v) is 2.60. The zero-order chi connectivity index (χ0) is 12.3. The fourth-order valence-electron chi connectivity index (χ4n) is 1.71. The summed E-state index contributed by atoms with van der Waals surface area (Å²) >= 11 is 0. The highest BCUT2D eigenvalue weighted by atomic mass is 16.5. The number of hydrogen-bond donors (Lipinski definition) is 1. The molecule has 0 aliphatic rings. The molecule has 2 aromatic rings. The minimum atomic E-state index is 0.0889. The zero-order valence-electron chi connectivity index (χ0n) is 10.4. The number of aromatic nitrogens is 2. The molecule has 0 amide bonds. The third kappa shape index (κ3) is 2.71. The van der Waals surface area contributed by atoms with Gasteiger partial charge in [-0.15, -0.1) is 0 Å². The molecular formula is C13H17N3O. The van der Waals surface area contributed by atoms with Gasteiger partial charge in [0, 0.05) is 5.56 Å². The highest BCUT2D eigenvalue weighted by molar-refractivity contribution is 5.55. The Morgan fingerprint density at radius 1 is 1.41 bits per heavy atom. The molecule has 0 aliphatic carbocycles. The third-order valence-electron chi connectivity index (χ3n) is 2.60. The maximum atomic E-state index is 5.25. The van der Waals surface area contributed by atoms with Gasteiger partial charge in [0.2, 0.25) is 11.7 Å². The highest BCUT2D eigenvalue weighted by Crippen LogP contribution is 2.19. The molecule has 1 atom stereocenters. The van der Waals surface area contributed by atoms with Gasteiger partial charge in [-0.1, -0.05) is 35.8 Å². The van der Waals surface area contributed by atoms with E-state index >= 15 is 0 Å². The molecule has 0 spiro atoms. The van der Waals surface area contributed by atoms with Crippen molar-refractivity contribution >= 4 is 0 Å². The number of rotatable bonds is 4. The standard InChI is InChI=1S/C13H17N3O/c1-4-14-10(3)13-15-12(16-17-13)11-7-5-6-9(2)8-11/h5-8,10,14H,4H2,1-3H3. The Bertz CT molecular complexity index is 493. The van der Waals surface area contributed by atoms with Crippen LogP contribution in [0.1, 0.15) is 31.3 Å². The summed E-state index contributed by atoms with van der Waals surface area (Å²) in [5.41, 5.74) is 2.18. The van der Waals surface area contributed by atoms with Crippen molar-refractivity contribution < 1.29 is 4.52 Å². The predicted molar refractivity (Wildman–Crippen MR) is 66.6 cm³/mol. The van der Waals surface area contributed by atoms with Gasteiger partial charge in [0.15, 0.2) is 0 Å². The molecule has 0 saturated heterocycles. The molecule has 1 unspecified atom stereocenters. The van der Waals surface area contributed by atoms with E-state index < -0.39 is 0 Å². The van der Waals surface area contributed by atoms with E-state index in [1.165, 1.54) is 5.56 Å². The number of benzene rings is 1. The van der Waals surface area contributed by atoms with E-state index in [1.807, 2.05) is 45.0 Å². The average molecular weight is 231 g/mol. The van der Waals surface area contributed by atoms with Crippen LogP contribution < -0.4 is 5.32 Å². The van der Waals surface area contributed by atoms with Crippen LogP contribution in [-0.4, -0.2) is 16.7 Å². The van der Waals surface area contributed by atoms with Gasteiger partial charge in [-0.2, -0.15) is 4.98 Å². The van der Waals surface area contributed by atoms with E-state index in [-0.39, 0.29) is 6.04 Å². The summed E-state index contributed by atoms with van der Waals surface area (Å²) in [4.78, 5) is 4.40. The molecule has 1 aromatic heterocycles. The molecule has 1 aromatic carbocycles. The van der Waals surface area contributed by atoms with E-state index in [4.69, 9.17) is 4.52 Å². The first-order chi connectivity index (χ1) is 8.20. The highest BCUT2D eigenvalue weighted by Gasteiger charge is 2.13. The molecule has 17 heavy (non-hydrogen) atoms. The second-order valence-electron chi connectivity index (χ2n) is 4.11. The molecule has 1 heterocycles. The molecule has 0 saturated carbocycles. The lowest BCUT2D eigenvalue weighted by atomic mass is 10.1. The van der Waals surface area contributed by atoms with Crippen LogP contribution in [0.5, 0.6) is 0 Å². The SMILES string of the molecule is CCNC(C)c1nc(-c2cccc(C)c2)no1. The van der Waals surface area contributed by atoms with E-state index in [1.54, 1.807) is 0 Å². The minimum Gasteiger partial charge on any atom is -0.337 e. The first-order valence-corrected chi connectivity index (χ1v) is 5.84. The Kier molecular flexibility index (Phi) is 3.54. The van der Waals surface area contributed by atoms with Crippen LogP contribution in [0.25, 0.3) is 11.4 Å². The van der Waals surface area contributed by atoms with E-state index in [0.29, 0.717) is 11.7 Å². The topological polar surface area (TPSA) is 51.0 Å². The van der Waals surface area contributed by atoms with Crippen molar-refractivity contribution in [1.82, 2.24) is 15.5 Å². The van der Waals surface area contributed by atoms with Crippen LogP contribution in [0.3, 0.4) is 0 Å². The summed E-state index contributed by atoms with van der Waals surface area (Å²) in [6.45, 7) is 6.99. The van der Waals surface area contributed by atoms with Gasteiger partial charge in [-0.3, -0.25) is 0 Å². The van der Waals surface area contributed by atoms with Gasteiger partial charge < -0.3 is 9.84 Å². The van der Waals surface area contributed by atoms with E-state index in [9.17, 15) is 0 Å². The van der Waals surface area contributed by atoms with Crippen LogP contribution >= 0.6 is 0 Å². The Morgan fingerprint density at radius 3 is 2.94 bits per heavy atom. The van der Waals surface area contributed by atoms with Crippen molar-refractivity contribution in [1.29, 1.82) is 0 Å². The van der Waals surface area contributed by atoms with Gasteiger partial charge in [-0.25, -0.2) is 0 Å². The smallest absolute Gasteiger partial charge is 0.243 e. The molecule has 1 N–H and O–H groups in total. The van der Waals surface area contributed by atoms with Crippen molar-refractivity contribution in [2.24, 2.45) is 0 Å². The fraction of sp³-hybridized carbons (Fsp3) is 0.385. The molecule has 0 radical (unpaired) electrons. The summed E-state index contributed by atoms with van der Waals surface area (Å²) in [7, 11) is 0. The van der Waals surface area contributed by atoms with Crippen molar-refractivity contribution in [3.63, 3.8) is 0 Å². The van der Waals surface area contributed by atoms with Gasteiger partial charge >= 0.3 is 0 Å². The maximum Gasteiger partial charge on any atom is 0.243 e. The zero-order valence-corrected chi connectivity index (χ0v) is 10.4. The summed E-state index contributed by atoms with van der Waals surface area (Å²) in [6, 6.07) is 8.16. The summed E-state index contributed by atoms with van der Waals surface area (Å²) in [5, 5.41) is 7.25. The van der Waals surface area contributed by atoms with E-state index in [0.717, 1.165) is 12.1 Å². The predicted octanol–water partition coefficient (Wildman–Crippen LogP) is 2.72. The summed E-state index contributed by atoms with van der Waals surface area (Å²) in [5.74, 6) is 1.27.